The number of hydrogen-bond acceptors (Lipinski definition) is 3. The van der Waals surface area contributed by atoms with Crippen LogP contribution in [0.3, 0.4) is 0 Å². The molecule has 3 nitrogen and oxygen atoms in total. The van der Waals surface area contributed by atoms with Crippen molar-refractivity contribution in [3.05, 3.63) is 0 Å². The Hall–Kier alpha value is -0.120. The van der Waals surface area contributed by atoms with Gasteiger partial charge in [0.2, 0.25) is 0 Å². The van der Waals surface area contributed by atoms with Crippen molar-refractivity contribution in [2.45, 2.75) is 93.4 Å². The van der Waals surface area contributed by atoms with E-state index in [1.54, 1.807) is 6.92 Å². The highest BCUT2D eigenvalue weighted by atomic mass is 16.2. The highest BCUT2D eigenvalue weighted by Crippen LogP contribution is 2.08. The number of unbranched alkanes of at least 4 members (excludes halogenated alkanes) is 2. The van der Waals surface area contributed by atoms with Gasteiger partial charge in [0, 0.05) is 6.61 Å². The second-order valence-electron chi connectivity index (χ2n) is 5.73. The molecule has 1 fully saturated rings. The topological polar surface area (TPSA) is 26.7 Å². The minimum absolute atomic E-state index is 0.250. The van der Waals surface area contributed by atoms with Crippen LogP contribution in [0.5, 0.6) is 0 Å². The van der Waals surface area contributed by atoms with Crippen LogP contribution in [-0.2, 0) is 0 Å². The SMILES string of the molecule is CC.CC.CCCCN(C)C.CCCCN1CCCCC1.CCO. The predicted octanol–water partition coefficient (Wildman–Crippen LogP) is 5.67. The fourth-order valence-electron chi connectivity index (χ4n) is 2.04. The Bertz CT molecular complexity index is 158. The molecule has 0 aromatic carbocycles. The second-order valence-corrected chi connectivity index (χ2v) is 5.73. The number of hydrogen-bond donors (Lipinski definition) is 1. The van der Waals surface area contributed by atoms with Crippen molar-refractivity contribution in [3.8, 4) is 0 Å². The Morgan fingerprint density at radius 3 is 1.50 bits per heavy atom. The van der Waals surface area contributed by atoms with Gasteiger partial charge < -0.3 is 14.9 Å². The summed E-state index contributed by atoms with van der Waals surface area (Å²) in [6.07, 6.45) is 9.69. The maximum absolute atomic E-state index is 7.57. The second kappa shape index (κ2) is 34.3. The van der Waals surface area contributed by atoms with Gasteiger partial charge in [0.15, 0.2) is 0 Å². The van der Waals surface area contributed by atoms with Gasteiger partial charge in [0.25, 0.3) is 0 Å². The molecule has 0 atom stereocenters. The molecule has 1 N–H and O–H groups in total. The molecule has 0 amide bonds. The number of nitrogens with zero attached hydrogens (tertiary/aromatic N) is 2. The number of aliphatic hydroxyl groups is 1. The molecule has 0 bridgehead atoms. The summed E-state index contributed by atoms with van der Waals surface area (Å²) in [4.78, 5) is 4.82. The molecule has 3 heteroatoms. The van der Waals surface area contributed by atoms with Gasteiger partial charge in [0.1, 0.15) is 0 Å². The molecular weight excluding hydrogens is 296 g/mol. The summed E-state index contributed by atoms with van der Waals surface area (Å²) in [5, 5.41) is 7.57. The van der Waals surface area contributed by atoms with E-state index in [-0.39, 0.29) is 6.61 Å². The summed E-state index contributed by atoms with van der Waals surface area (Å²) in [6.45, 7) is 19.7. The molecule has 0 aromatic heterocycles. The third-order valence-corrected chi connectivity index (χ3v) is 3.24. The van der Waals surface area contributed by atoms with Crippen LogP contribution >= 0.6 is 0 Å². The van der Waals surface area contributed by atoms with Crippen LogP contribution in [0, 0.1) is 0 Å². The van der Waals surface area contributed by atoms with Crippen molar-refractivity contribution in [2.75, 3.05) is 46.9 Å². The Labute approximate surface area is 155 Å². The Kier molecular flexibility index (Phi) is 45.2. The van der Waals surface area contributed by atoms with Gasteiger partial charge in [-0.1, -0.05) is 60.8 Å². The van der Waals surface area contributed by atoms with E-state index >= 15 is 0 Å². The van der Waals surface area contributed by atoms with Gasteiger partial charge >= 0.3 is 0 Å². The summed E-state index contributed by atoms with van der Waals surface area (Å²) in [5.41, 5.74) is 0. The first-order valence-electron chi connectivity index (χ1n) is 10.6. The summed E-state index contributed by atoms with van der Waals surface area (Å²) in [6, 6.07) is 0. The average molecular weight is 349 g/mol. The standard InChI is InChI=1S/C9H19N.C6H15N.C2H6O.2C2H6/c1-2-3-7-10-8-5-4-6-9-10;1-4-5-6-7(2)3;1-2-3;2*1-2/h2-9H2,1H3;4-6H2,1-3H3;3H,2H2,1H3;2*1-2H3. The van der Waals surface area contributed by atoms with E-state index in [4.69, 9.17) is 5.11 Å². The zero-order valence-corrected chi connectivity index (χ0v) is 18.8. The van der Waals surface area contributed by atoms with E-state index in [9.17, 15) is 0 Å². The van der Waals surface area contributed by atoms with Crippen LogP contribution in [0.15, 0.2) is 0 Å². The summed E-state index contributed by atoms with van der Waals surface area (Å²) >= 11 is 0. The molecule has 1 saturated heterocycles. The molecule has 1 aliphatic heterocycles. The van der Waals surface area contributed by atoms with E-state index in [1.165, 1.54) is 71.1 Å². The first-order chi connectivity index (χ1) is 11.6. The lowest BCUT2D eigenvalue weighted by atomic mass is 10.1. The lowest BCUT2D eigenvalue weighted by Gasteiger charge is -2.25. The molecule has 1 aliphatic rings. The van der Waals surface area contributed by atoms with E-state index in [2.05, 4.69) is 37.7 Å². The molecule has 24 heavy (non-hydrogen) atoms. The van der Waals surface area contributed by atoms with Gasteiger partial charge in [-0.25, -0.2) is 0 Å². The van der Waals surface area contributed by atoms with Gasteiger partial charge in [-0.3, -0.25) is 0 Å². The molecular formula is C21H52N2O. The van der Waals surface area contributed by atoms with Crippen molar-refractivity contribution >= 4 is 0 Å². The Morgan fingerprint density at radius 2 is 1.21 bits per heavy atom. The van der Waals surface area contributed by atoms with E-state index in [0.29, 0.717) is 0 Å². The molecule has 152 valence electrons. The quantitative estimate of drug-likeness (QED) is 0.669. The summed E-state index contributed by atoms with van der Waals surface area (Å²) in [7, 11) is 4.21. The lowest BCUT2D eigenvalue weighted by molar-refractivity contribution is 0.226. The van der Waals surface area contributed by atoms with Gasteiger partial charge in [0.05, 0.1) is 0 Å². The molecule has 0 radical (unpaired) electrons. The van der Waals surface area contributed by atoms with Crippen LogP contribution in [0.1, 0.15) is 93.4 Å². The Morgan fingerprint density at radius 1 is 0.792 bits per heavy atom. The number of aliphatic hydroxyl groups excluding tert-OH is 1. The number of rotatable bonds is 6. The molecule has 0 aliphatic carbocycles. The average Bonchev–Trinajstić information content (AvgIpc) is 2.63. The molecule has 0 aromatic rings. The van der Waals surface area contributed by atoms with E-state index in [1.807, 2.05) is 27.7 Å². The number of likely N-dealkylation sites (tertiary alicyclic amines) is 1. The Balaban J connectivity index is -0.000000125. The van der Waals surface area contributed by atoms with Crippen molar-refractivity contribution in [2.24, 2.45) is 0 Å². The van der Waals surface area contributed by atoms with Crippen molar-refractivity contribution in [3.63, 3.8) is 0 Å². The summed E-state index contributed by atoms with van der Waals surface area (Å²) < 4.78 is 0. The highest BCUT2D eigenvalue weighted by Gasteiger charge is 2.07. The molecule has 0 saturated carbocycles. The molecule has 0 unspecified atom stereocenters. The first kappa shape index (κ1) is 31.6. The lowest BCUT2D eigenvalue weighted by Crippen LogP contribution is -2.30. The van der Waals surface area contributed by atoms with Crippen molar-refractivity contribution in [1.29, 1.82) is 0 Å². The smallest absolute Gasteiger partial charge is 0.0402 e. The van der Waals surface area contributed by atoms with E-state index in [0.717, 1.165) is 0 Å². The maximum Gasteiger partial charge on any atom is 0.0402 e. The minimum atomic E-state index is 0.250. The van der Waals surface area contributed by atoms with Gasteiger partial charge in [-0.15, -0.1) is 0 Å². The van der Waals surface area contributed by atoms with Gasteiger partial charge in [-0.05, 0) is 72.9 Å². The third kappa shape index (κ3) is 37.8. The van der Waals surface area contributed by atoms with Crippen molar-refractivity contribution < 1.29 is 5.11 Å². The fraction of sp³-hybridized carbons (Fsp3) is 1.00. The monoisotopic (exact) mass is 348 g/mol. The predicted molar refractivity (Wildman–Crippen MR) is 114 cm³/mol. The highest BCUT2D eigenvalue weighted by molar-refractivity contribution is 4.63. The molecule has 0 spiro atoms. The van der Waals surface area contributed by atoms with Crippen LogP contribution in [-0.4, -0.2) is 61.8 Å². The van der Waals surface area contributed by atoms with Gasteiger partial charge in [-0.2, -0.15) is 0 Å². The zero-order chi connectivity index (χ0) is 19.6. The van der Waals surface area contributed by atoms with Crippen molar-refractivity contribution in [1.82, 2.24) is 9.80 Å². The van der Waals surface area contributed by atoms with Crippen LogP contribution in [0.2, 0.25) is 0 Å². The minimum Gasteiger partial charge on any atom is -0.397 e. The zero-order valence-electron chi connectivity index (χ0n) is 18.8. The third-order valence-electron chi connectivity index (χ3n) is 3.24. The summed E-state index contributed by atoms with van der Waals surface area (Å²) in [5.74, 6) is 0. The largest absolute Gasteiger partial charge is 0.397 e. The molecule has 1 heterocycles. The fourth-order valence-corrected chi connectivity index (χ4v) is 2.04. The first-order valence-corrected chi connectivity index (χ1v) is 10.6. The molecule has 1 rings (SSSR count). The number of piperidine rings is 1. The van der Waals surface area contributed by atoms with E-state index < -0.39 is 0 Å². The van der Waals surface area contributed by atoms with Crippen LogP contribution in [0.25, 0.3) is 0 Å². The maximum atomic E-state index is 7.57. The van der Waals surface area contributed by atoms with Crippen LogP contribution in [0.4, 0.5) is 0 Å². The normalized spacial score (nSPS) is 13.1. The van der Waals surface area contributed by atoms with Crippen LogP contribution < -0.4 is 0 Å².